The van der Waals surface area contributed by atoms with E-state index < -0.39 is 0 Å². The molecule has 0 spiro atoms. The lowest BCUT2D eigenvalue weighted by atomic mass is 10.0. The number of benzene rings is 1. The first-order valence-corrected chi connectivity index (χ1v) is 7.75. The molecular weight excluding hydrogens is 279 g/mol. The first-order chi connectivity index (χ1) is 9.09. The molecule has 0 radical (unpaired) electrons. The summed E-state index contributed by atoms with van der Waals surface area (Å²) in [5.41, 5.74) is 7.19. The number of nitrogens with two attached hydrogens (primary N) is 1. The van der Waals surface area contributed by atoms with Gasteiger partial charge in [0, 0.05) is 12.1 Å². The quantitative estimate of drug-likeness (QED) is 0.880. The molecule has 2 nitrogen and oxygen atoms in total. The molecule has 2 N–H and O–H groups in total. The molecule has 1 aromatic rings. The molecule has 0 amide bonds. The van der Waals surface area contributed by atoms with Gasteiger partial charge in [0.25, 0.3) is 0 Å². The molecule has 0 heterocycles. The maximum absolute atomic E-state index is 6.24. The van der Waals surface area contributed by atoms with Gasteiger partial charge in [-0.2, -0.15) is 0 Å². The number of nitrogens with zero attached hydrogens (tertiary/aromatic N) is 1. The number of halogens is 2. The summed E-state index contributed by atoms with van der Waals surface area (Å²) in [6.45, 7) is 1.01. The smallest absolute Gasteiger partial charge is 0.0640 e. The minimum Gasteiger partial charge on any atom is -0.324 e. The molecule has 0 aromatic heterocycles. The Morgan fingerprint density at radius 1 is 1.32 bits per heavy atom. The molecule has 19 heavy (non-hydrogen) atoms. The molecule has 1 unspecified atom stereocenters. The Kier molecular flexibility index (Phi) is 5.52. The normalized spacial score (nSPS) is 18.2. The predicted octanol–water partition coefficient (Wildman–Crippen LogP) is 4.26. The third kappa shape index (κ3) is 3.85. The van der Waals surface area contributed by atoms with E-state index in [-0.39, 0.29) is 6.04 Å². The van der Waals surface area contributed by atoms with Gasteiger partial charge in [-0.15, -0.1) is 0 Å². The maximum atomic E-state index is 6.24. The minimum atomic E-state index is -0.0462. The summed E-state index contributed by atoms with van der Waals surface area (Å²) in [4.78, 5) is 2.44. The minimum absolute atomic E-state index is 0.0462. The van der Waals surface area contributed by atoms with E-state index in [1.54, 1.807) is 6.07 Å². The van der Waals surface area contributed by atoms with Crippen molar-refractivity contribution in [2.75, 3.05) is 13.6 Å². The molecule has 2 rings (SSSR count). The molecule has 1 saturated carbocycles. The van der Waals surface area contributed by atoms with Crippen molar-refractivity contribution in [3.63, 3.8) is 0 Å². The molecule has 1 aromatic carbocycles. The Hall–Kier alpha value is -0.280. The molecule has 0 aliphatic heterocycles. The van der Waals surface area contributed by atoms with Crippen LogP contribution in [0.15, 0.2) is 18.2 Å². The summed E-state index contributed by atoms with van der Waals surface area (Å²) < 4.78 is 0. The predicted molar refractivity (Wildman–Crippen MR) is 82.9 cm³/mol. The highest BCUT2D eigenvalue weighted by molar-refractivity contribution is 6.42. The van der Waals surface area contributed by atoms with Crippen LogP contribution in [0.1, 0.15) is 43.7 Å². The van der Waals surface area contributed by atoms with Gasteiger partial charge in [-0.3, -0.25) is 0 Å². The van der Waals surface area contributed by atoms with E-state index in [0.29, 0.717) is 10.0 Å². The SMILES string of the molecule is CN(CCC(N)c1cccc(Cl)c1Cl)C1CCCC1. The summed E-state index contributed by atoms with van der Waals surface area (Å²) in [6, 6.07) is 6.36. The lowest BCUT2D eigenvalue weighted by Crippen LogP contribution is -2.31. The molecule has 1 fully saturated rings. The molecule has 4 heteroatoms. The van der Waals surface area contributed by atoms with Crippen LogP contribution in [0.25, 0.3) is 0 Å². The van der Waals surface area contributed by atoms with Crippen LogP contribution in [-0.4, -0.2) is 24.5 Å². The zero-order valence-corrected chi connectivity index (χ0v) is 12.9. The van der Waals surface area contributed by atoms with E-state index in [1.807, 2.05) is 12.1 Å². The first-order valence-electron chi connectivity index (χ1n) is 6.99. The van der Waals surface area contributed by atoms with E-state index in [2.05, 4.69) is 11.9 Å². The zero-order chi connectivity index (χ0) is 13.8. The van der Waals surface area contributed by atoms with Gasteiger partial charge in [0.1, 0.15) is 0 Å². The van der Waals surface area contributed by atoms with Gasteiger partial charge < -0.3 is 10.6 Å². The number of hydrogen-bond acceptors (Lipinski definition) is 2. The van der Waals surface area contributed by atoms with Crippen molar-refractivity contribution < 1.29 is 0 Å². The Labute approximate surface area is 125 Å². The van der Waals surface area contributed by atoms with Crippen molar-refractivity contribution in [3.8, 4) is 0 Å². The van der Waals surface area contributed by atoms with E-state index >= 15 is 0 Å². The Morgan fingerprint density at radius 3 is 2.68 bits per heavy atom. The van der Waals surface area contributed by atoms with Gasteiger partial charge in [0.15, 0.2) is 0 Å². The number of rotatable bonds is 5. The molecule has 1 aliphatic rings. The summed E-state index contributed by atoms with van der Waals surface area (Å²) in [7, 11) is 2.20. The zero-order valence-electron chi connectivity index (χ0n) is 11.4. The van der Waals surface area contributed by atoms with Crippen molar-refractivity contribution in [2.24, 2.45) is 5.73 Å². The van der Waals surface area contributed by atoms with Crippen LogP contribution < -0.4 is 5.73 Å². The van der Waals surface area contributed by atoms with Crippen LogP contribution in [0.5, 0.6) is 0 Å². The second-order valence-electron chi connectivity index (χ2n) is 5.46. The van der Waals surface area contributed by atoms with Crippen LogP contribution in [0.3, 0.4) is 0 Å². The van der Waals surface area contributed by atoms with E-state index in [1.165, 1.54) is 25.7 Å². The van der Waals surface area contributed by atoms with Gasteiger partial charge >= 0.3 is 0 Å². The molecule has 0 saturated heterocycles. The Morgan fingerprint density at radius 2 is 2.00 bits per heavy atom. The molecule has 1 atom stereocenters. The summed E-state index contributed by atoms with van der Waals surface area (Å²) in [6.07, 6.45) is 6.28. The fourth-order valence-electron chi connectivity index (χ4n) is 2.83. The van der Waals surface area contributed by atoms with E-state index in [9.17, 15) is 0 Å². The molecule has 1 aliphatic carbocycles. The van der Waals surface area contributed by atoms with Crippen molar-refractivity contribution in [1.82, 2.24) is 4.90 Å². The van der Waals surface area contributed by atoms with Crippen LogP contribution in [-0.2, 0) is 0 Å². The van der Waals surface area contributed by atoms with Crippen molar-refractivity contribution >= 4 is 23.2 Å². The Bertz CT molecular complexity index is 417. The number of hydrogen-bond donors (Lipinski definition) is 1. The lowest BCUT2D eigenvalue weighted by molar-refractivity contribution is 0.237. The van der Waals surface area contributed by atoms with Crippen LogP contribution in [0, 0.1) is 0 Å². The van der Waals surface area contributed by atoms with Gasteiger partial charge in [-0.1, -0.05) is 48.2 Å². The largest absolute Gasteiger partial charge is 0.324 e. The monoisotopic (exact) mass is 300 g/mol. The third-order valence-corrected chi connectivity index (χ3v) is 4.96. The van der Waals surface area contributed by atoms with Crippen molar-refractivity contribution in [3.05, 3.63) is 33.8 Å². The van der Waals surface area contributed by atoms with Crippen molar-refractivity contribution in [1.29, 1.82) is 0 Å². The first kappa shape index (κ1) is 15.1. The molecular formula is C15H22Cl2N2. The van der Waals surface area contributed by atoms with Gasteiger partial charge in [-0.05, 0) is 44.5 Å². The van der Waals surface area contributed by atoms with Crippen LogP contribution in [0.4, 0.5) is 0 Å². The standard InChI is InChI=1S/C15H22Cl2N2/c1-19(11-5-2-3-6-11)10-9-14(18)12-7-4-8-13(16)15(12)17/h4,7-8,11,14H,2-3,5-6,9-10,18H2,1H3. The molecule has 106 valence electrons. The second-order valence-corrected chi connectivity index (χ2v) is 6.24. The average Bonchev–Trinajstić information content (AvgIpc) is 2.93. The maximum Gasteiger partial charge on any atom is 0.0640 e. The second kappa shape index (κ2) is 6.94. The average molecular weight is 301 g/mol. The highest BCUT2D eigenvalue weighted by Gasteiger charge is 2.20. The third-order valence-electron chi connectivity index (χ3n) is 4.12. The van der Waals surface area contributed by atoms with Gasteiger partial charge in [0.2, 0.25) is 0 Å². The van der Waals surface area contributed by atoms with E-state index in [0.717, 1.165) is 24.6 Å². The lowest BCUT2D eigenvalue weighted by Gasteiger charge is -2.25. The fraction of sp³-hybridized carbons (Fsp3) is 0.600. The fourth-order valence-corrected chi connectivity index (χ4v) is 3.28. The topological polar surface area (TPSA) is 29.3 Å². The van der Waals surface area contributed by atoms with Crippen LogP contribution >= 0.6 is 23.2 Å². The summed E-state index contributed by atoms with van der Waals surface area (Å²) in [5.74, 6) is 0. The summed E-state index contributed by atoms with van der Waals surface area (Å²) in [5, 5.41) is 1.18. The molecule has 0 bridgehead atoms. The van der Waals surface area contributed by atoms with E-state index in [4.69, 9.17) is 28.9 Å². The Balaban J connectivity index is 1.90. The van der Waals surface area contributed by atoms with Gasteiger partial charge in [-0.25, -0.2) is 0 Å². The highest BCUT2D eigenvalue weighted by Crippen LogP contribution is 2.30. The van der Waals surface area contributed by atoms with Crippen molar-refractivity contribution in [2.45, 2.75) is 44.2 Å². The summed E-state index contributed by atoms with van der Waals surface area (Å²) >= 11 is 12.2. The van der Waals surface area contributed by atoms with Crippen LogP contribution in [0.2, 0.25) is 10.0 Å². The highest BCUT2D eigenvalue weighted by atomic mass is 35.5. The van der Waals surface area contributed by atoms with Gasteiger partial charge in [0.05, 0.1) is 10.0 Å².